The van der Waals surface area contributed by atoms with Gasteiger partial charge in [-0.2, -0.15) is 0 Å². The summed E-state index contributed by atoms with van der Waals surface area (Å²) >= 11 is 7.63. The fourth-order valence-corrected chi connectivity index (χ4v) is 4.45. The fourth-order valence-electron chi connectivity index (χ4n) is 2.70. The van der Waals surface area contributed by atoms with Gasteiger partial charge in [-0.1, -0.05) is 47.5 Å². The van der Waals surface area contributed by atoms with Gasteiger partial charge in [-0.3, -0.25) is 4.79 Å². The molecule has 2 atom stereocenters. The first kappa shape index (κ1) is 16.9. The zero-order chi connectivity index (χ0) is 17.3. The van der Waals surface area contributed by atoms with Crippen molar-refractivity contribution < 1.29 is 14.7 Å². The summed E-state index contributed by atoms with van der Waals surface area (Å²) in [5.41, 5.74) is 2.21. The maximum absolute atomic E-state index is 12.9. The van der Waals surface area contributed by atoms with Crippen LogP contribution >= 0.6 is 23.4 Å². The monoisotopic (exact) mass is 360 g/mol. The molecule has 1 amide bonds. The maximum Gasteiger partial charge on any atom is 0.255 e. The minimum absolute atomic E-state index is 0.274. The molecule has 0 radical (unpaired) electrons. The largest absolute Gasteiger partial charge is 0.548 e. The van der Waals surface area contributed by atoms with E-state index < -0.39 is 17.4 Å². The quantitative estimate of drug-likeness (QED) is 0.844. The second-order valence-corrected chi connectivity index (χ2v) is 7.14. The van der Waals surface area contributed by atoms with Crippen LogP contribution in [0.3, 0.4) is 0 Å². The molecule has 1 aliphatic rings. The average Bonchev–Trinajstić information content (AvgIpc) is 3.00. The molecule has 0 aromatic heterocycles. The van der Waals surface area contributed by atoms with Crippen LogP contribution < -0.4 is 5.11 Å². The van der Waals surface area contributed by atoms with Crippen LogP contribution in [0.5, 0.6) is 0 Å². The number of aryl methyl sites for hydroxylation is 1. The number of hydrogen-bond donors (Lipinski definition) is 0. The summed E-state index contributed by atoms with van der Waals surface area (Å²) in [7, 11) is 0. The molecule has 0 saturated carbocycles. The van der Waals surface area contributed by atoms with Crippen molar-refractivity contribution in [3.63, 3.8) is 0 Å². The molecule has 6 heteroatoms. The Kier molecular flexibility index (Phi) is 4.83. The molecule has 0 spiro atoms. The normalized spacial score (nSPS) is 20.2. The number of thioether (sulfide) groups is 1. The van der Waals surface area contributed by atoms with E-state index in [1.165, 1.54) is 16.7 Å². The van der Waals surface area contributed by atoms with Crippen molar-refractivity contribution in [1.29, 1.82) is 0 Å². The highest BCUT2D eigenvalue weighted by Gasteiger charge is 2.40. The van der Waals surface area contributed by atoms with E-state index >= 15 is 0 Å². The third kappa shape index (κ3) is 3.14. The highest BCUT2D eigenvalue weighted by atomic mass is 35.5. The Hall–Kier alpha value is -1.98. The molecule has 1 aliphatic heterocycles. The van der Waals surface area contributed by atoms with Crippen LogP contribution in [-0.2, 0) is 4.79 Å². The van der Waals surface area contributed by atoms with Gasteiger partial charge in [0.1, 0.15) is 5.37 Å². The van der Waals surface area contributed by atoms with E-state index in [2.05, 4.69) is 0 Å². The van der Waals surface area contributed by atoms with Crippen LogP contribution in [0.15, 0.2) is 48.5 Å². The molecule has 0 N–H and O–H groups in total. The zero-order valence-corrected chi connectivity index (χ0v) is 14.5. The molecule has 1 heterocycles. The van der Waals surface area contributed by atoms with Crippen LogP contribution in [0.25, 0.3) is 0 Å². The Bertz CT molecular complexity index is 778. The SMILES string of the molecule is Cc1ccc(C(=O)N2[C@H](C(=O)[O-])CS[C@H]2c2ccccc2Cl)cc1. The summed E-state index contributed by atoms with van der Waals surface area (Å²) in [4.78, 5) is 25.8. The molecule has 1 fully saturated rings. The molecule has 0 unspecified atom stereocenters. The van der Waals surface area contributed by atoms with Gasteiger partial charge in [-0.25, -0.2) is 0 Å². The molecule has 0 bridgehead atoms. The number of amides is 1. The number of hydrogen-bond acceptors (Lipinski definition) is 4. The van der Waals surface area contributed by atoms with E-state index in [0.717, 1.165) is 11.1 Å². The maximum atomic E-state index is 12.9. The van der Waals surface area contributed by atoms with E-state index in [1.54, 1.807) is 24.3 Å². The van der Waals surface area contributed by atoms with Gasteiger partial charge in [-0.15, -0.1) is 11.8 Å². The minimum atomic E-state index is -1.25. The minimum Gasteiger partial charge on any atom is -0.548 e. The third-order valence-electron chi connectivity index (χ3n) is 3.98. The number of benzene rings is 2. The van der Waals surface area contributed by atoms with Gasteiger partial charge < -0.3 is 14.8 Å². The first-order chi connectivity index (χ1) is 11.5. The van der Waals surface area contributed by atoms with Crippen molar-refractivity contribution >= 4 is 35.2 Å². The number of carbonyl (C=O) groups excluding carboxylic acids is 2. The van der Waals surface area contributed by atoms with Crippen LogP contribution in [0, 0.1) is 6.92 Å². The topological polar surface area (TPSA) is 60.4 Å². The second kappa shape index (κ2) is 6.87. The van der Waals surface area contributed by atoms with Crippen LogP contribution in [0.4, 0.5) is 0 Å². The van der Waals surface area contributed by atoms with Crippen molar-refractivity contribution in [3.8, 4) is 0 Å². The molecule has 2 aromatic rings. The van der Waals surface area contributed by atoms with E-state index in [0.29, 0.717) is 10.6 Å². The Labute approximate surface area is 149 Å². The predicted octanol–water partition coefficient (Wildman–Crippen LogP) is 2.65. The van der Waals surface area contributed by atoms with Crippen molar-refractivity contribution in [2.75, 3.05) is 5.75 Å². The molecule has 4 nitrogen and oxygen atoms in total. The molecule has 124 valence electrons. The highest BCUT2D eigenvalue weighted by Crippen LogP contribution is 2.44. The molecule has 0 aliphatic carbocycles. The van der Waals surface area contributed by atoms with Crippen molar-refractivity contribution in [1.82, 2.24) is 4.90 Å². The van der Waals surface area contributed by atoms with Gasteiger partial charge >= 0.3 is 0 Å². The number of carbonyl (C=O) groups is 2. The number of nitrogens with zero attached hydrogens (tertiary/aromatic N) is 1. The summed E-state index contributed by atoms with van der Waals surface area (Å²) in [5, 5.41) is 11.6. The lowest BCUT2D eigenvalue weighted by Crippen LogP contribution is -2.49. The summed E-state index contributed by atoms with van der Waals surface area (Å²) in [6.07, 6.45) is 0. The standard InChI is InChI=1S/C18H16ClNO3S/c1-11-6-8-12(9-7-11)16(21)20-15(18(22)23)10-24-17(20)13-4-2-3-5-14(13)19/h2-9,15,17H,10H2,1H3,(H,22,23)/p-1/t15-,17-/m0/s1. The van der Waals surface area contributed by atoms with Gasteiger partial charge in [0.25, 0.3) is 5.91 Å². The lowest BCUT2D eigenvalue weighted by atomic mass is 10.1. The second-order valence-electron chi connectivity index (χ2n) is 5.62. The van der Waals surface area contributed by atoms with Gasteiger partial charge in [-0.05, 0) is 25.1 Å². The Morgan fingerprint density at radius 3 is 2.46 bits per heavy atom. The molecule has 1 saturated heterocycles. The molecular weight excluding hydrogens is 346 g/mol. The Morgan fingerprint density at radius 2 is 1.83 bits per heavy atom. The number of rotatable bonds is 3. The smallest absolute Gasteiger partial charge is 0.255 e. The van der Waals surface area contributed by atoms with E-state index in [-0.39, 0.29) is 11.7 Å². The predicted molar refractivity (Wildman–Crippen MR) is 92.8 cm³/mol. The van der Waals surface area contributed by atoms with E-state index in [1.807, 2.05) is 31.2 Å². The van der Waals surface area contributed by atoms with E-state index in [4.69, 9.17) is 11.6 Å². The van der Waals surface area contributed by atoms with Gasteiger partial charge in [0, 0.05) is 21.9 Å². The summed E-state index contributed by atoms with van der Waals surface area (Å²) in [6.45, 7) is 1.93. The van der Waals surface area contributed by atoms with Gasteiger partial charge in [0.2, 0.25) is 0 Å². The molecular formula is C18H15ClNO3S-. The van der Waals surface area contributed by atoms with Gasteiger partial charge in [0.05, 0.1) is 12.0 Å². The number of halogens is 1. The summed E-state index contributed by atoms with van der Waals surface area (Å²) < 4.78 is 0. The van der Waals surface area contributed by atoms with Crippen molar-refractivity contribution in [2.24, 2.45) is 0 Å². The number of carboxylic acids is 1. The van der Waals surface area contributed by atoms with Gasteiger partial charge in [0.15, 0.2) is 0 Å². The summed E-state index contributed by atoms with van der Waals surface area (Å²) in [6, 6.07) is 13.3. The van der Waals surface area contributed by atoms with E-state index in [9.17, 15) is 14.7 Å². The van der Waals surface area contributed by atoms with Crippen LogP contribution in [-0.4, -0.2) is 28.6 Å². The number of carboxylic acid groups (broad SMARTS) is 1. The van der Waals surface area contributed by atoms with Crippen molar-refractivity contribution in [3.05, 3.63) is 70.2 Å². The first-order valence-electron chi connectivity index (χ1n) is 7.45. The molecule has 2 aromatic carbocycles. The Balaban J connectivity index is 2.01. The fraction of sp³-hybridized carbons (Fsp3) is 0.222. The van der Waals surface area contributed by atoms with Crippen molar-refractivity contribution in [2.45, 2.75) is 18.3 Å². The zero-order valence-electron chi connectivity index (χ0n) is 12.9. The lowest BCUT2D eigenvalue weighted by molar-refractivity contribution is -0.310. The highest BCUT2D eigenvalue weighted by molar-refractivity contribution is 7.99. The lowest BCUT2D eigenvalue weighted by Gasteiger charge is -2.30. The third-order valence-corrected chi connectivity index (χ3v) is 5.63. The first-order valence-corrected chi connectivity index (χ1v) is 8.88. The van der Waals surface area contributed by atoms with Crippen LogP contribution in [0.1, 0.15) is 26.9 Å². The molecule has 24 heavy (non-hydrogen) atoms. The average molecular weight is 361 g/mol. The molecule has 3 rings (SSSR count). The number of aliphatic carboxylic acids is 1. The Morgan fingerprint density at radius 1 is 1.17 bits per heavy atom. The van der Waals surface area contributed by atoms with Crippen LogP contribution in [0.2, 0.25) is 5.02 Å². The summed E-state index contributed by atoms with van der Waals surface area (Å²) in [5.74, 6) is -1.31.